The van der Waals surface area contributed by atoms with Crippen LogP contribution in [-0.2, 0) is 10.0 Å². The summed E-state index contributed by atoms with van der Waals surface area (Å²) in [7, 11) is -3.92. The number of rotatable bonds is 5. The van der Waals surface area contributed by atoms with Crippen LogP contribution in [0.1, 0.15) is 21.5 Å². The van der Waals surface area contributed by atoms with Gasteiger partial charge in [0, 0.05) is 16.9 Å². The number of anilines is 2. The van der Waals surface area contributed by atoms with E-state index in [0.717, 1.165) is 23.3 Å². The highest BCUT2D eigenvalue weighted by molar-refractivity contribution is 7.92. The lowest BCUT2D eigenvalue weighted by Gasteiger charge is -2.11. The molecule has 5 nitrogen and oxygen atoms in total. The summed E-state index contributed by atoms with van der Waals surface area (Å²) in [5, 5.41) is 2.79. The Balaban J connectivity index is 1.82. The summed E-state index contributed by atoms with van der Waals surface area (Å²) in [5.74, 6) is -0.876. The molecule has 0 atom stereocenters. The molecule has 0 unspecified atom stereocenters. The molecule has 0 aliphatic rings. The molecular weight excluding hydrogens is 379 g/mol. The third-order valence-corrected chi connectivity index (χ3v) is 5.51. The second-order valence-electron chi connectivity index (χ2n) is 6.41. The average molecular weight is 398 g/mol. The number of hydrogen-bond acceptors (Lipinski definition) is 3. The van der Waals surface area contributed by atoms with Crippen LogP contribution in [-0.4, -0.2) is 14.3 Å². The number of hydrogen-bond donors (Lipinski definition) is 2. The van der Waals surface area contributed by atoms with Crippen molar-refractivity contribution < 1.29 is 17.6 Å². The van der Waals surface area contributed by atoms with Crippen LogP contribution in [0.15, 0.2) is 71.6 Å². The SMILES string of the molecule is Cc1ccc(NC(=O)c2cccc(S(=O)(=O)Nc3ccc(F)cc3)c2)c(C)c1. The highest BCUT2D eigenvalue weighted by Crippen LogP contribution is 2.20. The van der Waals surface area contributed by atoms with Gasteiger partial charge in [0.2, 0.25) is 0 Å². The molecule has 3 rings (SSSR count). The predicted molar refractivity (Wildman–Crippen MR) is 108 cm³/mol. The summed E-state index contributed by atoms with van der Waals surface area (Å²) in [5.41, 5.74) is 3.09. The van der Waals surface area contributed by atoms with Gasteiger partial charge in [-0.2, -0.15) is 0 Å². The number of halogens is 1. The maximum absolute atomic E-state index is 13.0. The molecular formula is C21H19FN2O3S. The van der Waals surface area contributed by atoms with Crippen molar-refractivity contribution in [1.82, 2.24) is 0 Å². The van der Waals surface area contributed by atoms with E-state index in [-0.39, 0.29) is 16.1 Å². The molecule has 2 N–H and O–H groups in total. The second-order valence-corrected chi connectivity index (χ2v) is 8.10. The van der Waals surface area contributed by atoms with Crippen molar-refractivity contribution in [1.29, 1.82) is 0 Å². The number of carbonyl (C=O) groups is 1. The summed E-state index contributed by atoms with van der Waals surface area (Å²) in [6, 6.07) is 16.3. The highest BCUT2D eigenvalue weighted by atomic mass is 32.2. The Bertz CT molecular complexity index is 1130. The zero-order chi connectivity index (χ0) is 20.3. The van der Waals surface area contributed by atoms with Gasteiger partial charge in [-0.15, -0.1) is 0 Å². The fraction of sp³-hybridized carbons (Fsp3) is 0.0952. The lowest BCUT2D eigenvalue weighted by atomic mass is 10.1. The van der Waals surface area contributed by atoms with Crippen molar-refractivity contribution in [3.63, 3.8) is 0 Å². The minimum Gasteiger partial charge on any atom is -0.322 e. The molecule has 0 bridgehead atoms. The van der Waals surface area contributed by atoms with Crippen molar-refractivity contribution in [3.8, 4) is 0 Å². The molecule has 0 saturated carbocycles. The summed E-state index contributed by atoms with van der Waals surface area (Å²) in [6.45, 7) is 3.84. The standard InChI is InChI=1S/C21H19FN2O3S/c1-14-6-11-20(15(2)12-14)23-21(25)16-4-3-5-19(13-16)28(26,27)24-18-9-7-17(22)8-10-18/h3-13,24H,1-2H3,(H,23,25). The Morgan fingerprint density at radius 1 is 0.929 bits per heavy atom. The minimum atomic E-state index is -3.92. The zero-order valence-corrected chi connectivity index (χ0v) is 16.2. The summed E-state index contributed by atoms with van der Waals surface area (Å²) >= 11 is 0. The molecule has 0 saturated heterocycles. The maximum Gasteiger partial charge on any atom is 0.261 e. The second kappa shape index (κ2) is 7.82. The highest BCUT2D eigenvalue weighted by Gasteiger charge is 2.17. The molecule has 28 heavy (non-hydrogen) atoms. The molecule has 0 radical (unpaired) electrons. The third kappa shape index (κ3) is 4.55. The Kier molecular flexibility index (Phi) is 5.46. The van der Waals surface area contributed by atoms with Crippen LogP contribution in [0.5, 0.6) is 0 Å². The van der Waals surface area contributed by atoms with Crippen LogP contribution in [0.2, 0.25) is 0 Å². The Morgan fingerprint density at radius 2 is 1.64 bits per heavy atom. The summed E-state index contributed by atoms with van der Waals surface area (Å²) in [4.78, 5) is 12.5. The van der Waals surface area contributed by atoms with Crippen molar-refractivity contribution >= 4 is 27.3 Å². The molecule has 0 aliphatic heterocycles. The average Bonchev–Trinajstić information content (AvgIpc) is 2.66. The van der Waals surface area contributed by atoms with E-state index in [2.05, 4.69) is 10.0 Å². The van der Waals surface area contributed by atoms with Gasteiger partial charge in [-0.25, -0.2) is 12.8 Å². The van der Waals surface area contributed by atoms with Gasteiger partial charge < -0.3 is 5.32 Å². The van der Waals surface area contributed by atoms with Crippen LogP contribution >= 0.6 is 0 Å². The van der Waals surface area contributed by atoms with E-state index in [1.807, 2.05) is 26.0 Å². The quantitative estimate of drug-likeness (QED) is 0.665. The van der Waals surface area contributed by atoms with E-state index < -0.39 is 21.7 Å². The van der Waals surface area contributed by atoms with Crippen molar-refractivity contribution in [2.75, 3.05) is 10.0 Å². The van der Waals surface area contributed by atoms with Crippen LogP contribution in [0.3, 0.4) is 0 Å². The molecule has 0 aliphatic carbocycles. The van der Waals surface area contributed by atoms with E-state index in [9.17, 15) is 17.6 Å². The van der Waals surface area contributed by atoms with Crippen molar-refractivity contribution in [2.45, 2.75) is 18.7 Å². The van der Waals surface area contributed by atoms with Gasteiger partial charge in [0.1, 0.15) is 5.82 Å². The Labute approximate surface area is 163 Å². The van der Waals surface area contributed by atoms with Crippen LogP contribution in [0.4, 0.5) is 15.8 Å². The van der Waals surface area contributed by atoms with Crippen LogP contribution in [0.25, 0.3) is 0 Å². The van der Waals surface area contributed by atoms with Crippen LogP contribution < -0.4 is 10.0 Å². The smallest absolute Gasteiger partial charge is 0.261 e. The number of sulfonamides is 1. The number of benzene rings is 3. The first-order valence-corrected chi connectivity index (χ1v) is 10.00. The van der Waals surface area contributed by atoms with E-state index >= 15 is 0 Å². The molecule has 3 aromatic carbocycles. The van der Waals surface area contributed by atoms with Gasteiger partial charge in [0.15, 0.2) is 0 Å². The number of amides is 1. The Morgan fingerprint density at radius 3 is 2.32 bits per heavy atom. The van der Waals surface area contributed by atoms with E-state index in [0.29, 0.717) is 5.69 Å². The van der Waals surface area contributed by atoms with Crippen molar-refractivity contribution in [2.24, 2.45) is 0 Å². The Hall–Kier alpha value is -3.19. The number of aryl methyl sites for hydroxylation is 2. The topological polar surface area (TPSA) is 75.3 Å². The molecule has 0 spiro atoms. The lowest BCUT2D eigenvalue weighted by molar-refractivity contribution is 0.102. The predicted octanol–water partition coefficient (Wildman–Crippen LogP) is 4.50. The first-order chi connectivity index (χ1) is 13.2. The number of carbonyl (C=O) groups excluding carboxylic acids is 1. The fourth-order valence-electron chi connectivity index (χ4n) is 2.68. The van der Waals surface area contributed by atoms with E-state index in [1.54, 1.807) is 6.07 Å². The normalized spacial score (nSPS) is 11.1. The first kappa shape index (κ1) is 19.6. The maximum atomic E-state index is 13.0. The zero-order valence-electron chi connectivity index (χ0n) is 15.4. The van der Waals surface area contributed by atoms with Gasteiger partial charge in [0.25, 0.3) is 15.9 Å². The van der Waals surface area contributed by atoms with Crippen LogP contribution in [0, 0.1) is 19.7 Å². The largest absolute Gasteiger partial charge is 0.322 e. The summed E-state index contributed by atoms with van der Waals surface area (Å²) < 4.78 is 40.5. The van der Waals surface area contributed by atoms with Gasteiger partial charge in [-0.1, -0.05) is 23.8 Å². The van der Waals surface area contributed by atoms with Gasteiger partial charge in [-0.3, -0.25) is 9.52 Å². The lowest BCUT2D eigenvalue weighted by Crippen LogP contribution is -2.16. The molecule has 144 valence electrons. The molecule has 0 fully saturated rings. The van der Waals surface area contributed by atoms with Gasteiger partial charge in [0.05, 0.1) is 4.90 Å². The minimum absolute atomic E-state index is 0.0647. The van der Waals surface area contributed by atoms with Crippen molar-refractivity contribution in [3.05, 3.63) is 89.2 Å². The molecule has 7 heteroatoms. The van der Waals surface area contributed by atoms with Gasteiger partial charge >= 0.3 is 0 Å². The molecule has 0 aromatic heterocycles. The molecule has 1 amide bonds. The fourth-order valence-corrected chi connectivity index (χ4v) is 3.79. The first-order valence-electron chi connectivity index (χ1n) is 8.52. The van der Waals surface area contributed by atoms with E-state index in [4.69, 9.17) is 0 Å². The monoisotopic (exact) mass is 398 g/mol. The van der Waals surface area contributed by atoms with E-state index in [1.165, 1.54) is 36.4 Å². The molecule has 0 heterocycles. The van der Waals surface area contributed by atoms with Gasteiger partial charge in [-0.05, 0) is 67.9 Å². The number of nitrogens with one attached hydrogen (secondary N) is 2. The third-order valence-electron chi connectivity index (χ3n) is 4.13. The summed E-state index contributed by atoms with van der Waals surface area (Å²) in [6.07, 6.45) is 0. The molecule has 3 aromatic rings.